The van der Waals surface area contributed by atoms with Crippen molar-refractivity contribution in [1.29, 1.82) is 0 Å². The van der Waals surface area contributed by atoms with E-state index in [-0.39, 0.29) is 0 Å². The minimum Gasteiger partial charge on any atom is -0.349 e. The van der Waals surface area contributed by atoms with Gasteiger partial charge in [-0.2, -0.15) is 4.98 Å². The summed E-state index contributed by atoms with van der Waals surface area (Å²) in [6.07, 6.45) is 5.17. The molecule has 1 aliphatic carbocycles. The lowest BCUT2D eigenvalue weighted by Gasteiger charge is -2.22. The molecule has 1 unspecified atom stereocenters. The number of aromatic nitrogens is 3. The number of nitrogens with zero attached hydrogens (tertiary/aromatic N) is 3. The Morgan fingerprint density at radius 1 is 1.42 bits per heavy atom. The van der Waals surface area contributed by atoms with Crippen molar-refractivity contribution >= 4 is 11.6 Å². The number of aryl methyl sites for hydroxylation is 1. The molecule has 3 N–H and O–H groups in total. The summed E-state index contributed by atoms with van der Waals surface area (Å²) in [4.78, 5) is 4.52. The number of rotatable bonds is 4. The Morgan fingerprint density at radius 3 is 2.89 bits per heavy atom. The van der Waals surface area contributed by atoms with Crippen LogP contribution in [0.2, 0.25) is 0 Å². The Balaban J connectivity index is 1.81. The van der Waals surface area contributed by atoms with Crippen LogP contribution < -0.4 is 11.1 Å². The smallest absolute Gasteiger partial charge is 0.243 e. The van der Waals surface area contributed by atoms with Crippen LogP contribution in [0.4, 0.5) is 5.95 Å². The number of nitrogens with two attached hydrogens (primary N) is 1. The Morgan fingerprint density at radius 2 is 2.21 bits per heavy atom. The van der Waals surface area contributed by atoms with Gasteiger partial charge < -0.3 is 11.1 Å². The van der Waals surface area contributed by atoms with Gasteiger partial charge in [-0.05, 0) is 37.8 Å². The first-order chi connectivity index (χ1) is 9.28. The molecule has 102 valence electrons. The zero-order valence-corrected chi connectivity index (χ0v) is 11.3. The number of hydrogen-bond acceptors (Lipinski definition) is 4. The monoisotopic (exact) mass is 259 g/mol. The molecule has 1 atom stereocenters. The quantitative estimate of drug-likeness (QED) is 0.881. The molecule has 1 saturated carbocycles. The lowest BCUT2D eigenvalue weighted by Crippen LogP contribution is -2.35. The van der Waals surface area contributed by atoms with Crippen LogP contribution in [0.1, 0.15) is 31.4 Å². The predicted molar refractivity (Wildman–Crippen MR) is 76.1 cm³/mol. The average molecular weight is 259 g/mol. The van der Waals surface area contributed by atoms with E-state index in [4.69, 9.17) is 5.73 Å². The Hall–Kier alpha value is -1.62. The molecule has 5 heteroatoms. The first-order valence-corrected chi connectivity index (χ1v) is 7.07. The third kappa shape index (κ3) is 2.42. The molecule has 0 aromatic carbocycles. The zero-order chi connectivity index (χ0) is 13.2. The topological polar surface area (TPSA) is 68.2 Å². The fourth-order valence-electron chi connectivity index (χ4n) is 2.99. The minimum absolute atomic E-state index is 0.292. The number of fused-ring (bicyclic) bond motifs is 1. The van der Waals surface area contributed by atoms with E-state index in [1.54, 1.807) is 0 Å². The van der Waals surface area contributed by atoms with Crippen LogP contribution in [0.3, 0.4) is 0 Å². The van der Waals surface area contributed by atoms with Crippen molar-refractivity contribution < 1.29 is 0 Å². The highest BCUT2D eigenvalue weighted by atomic mass is 15.4. The predicted octanol–water partition coefficient (Wildman–Crippen LogP) is 1.97. The largest absolute Gasteiger partial charge is 0.349 e. The maximum atomic E-state index is 5.90. The van der Waals surface area contributed by atoms with Crippen LogP contribution in [0.25, 0.3) is 5.65 Å². The Bertz CT molecular complexity index is 556. The summed E-state index contributed by atoms with van der Waals surface area (Å²) < 4.78 is 1.87. The zero-order valence-electron chi connectivity index (χ0n) is 11.3. The standard InChI is InChI=1S/C14H21N5/c1-10-5-4-8-13-17-14(18-19(10)13)16-12(9-15)11-6-2-3-7-11/h4-5,8,11-12H,2-3,6-7,9,15H2,1H3,(H,16,18). The summed E-state index contributed by atoms with van der Waals surface area (Å²) in [7, 11) is 0. The molecule has 5 nitrogen and oxygen atoms in total. The molecular weight excluding hydrogens is 238 g/mol. The number of anilines is 1. The highest BCUT2D eigenvalue weighted by Gasteiger charge is 2.24. The second-order valence-electron chi connectivity index (χ2n) is 5.40. The molecule has 2 aromatic heterocycles. The average Bonchev–Trinajstić information content (AvgIpc) is 3.05. The molecular formula is C14H21N5. The van der Waals surface area contributed by atoms with E-state index in [0.29, 0.717) is 24.5 Å². The molecule has 2 aromatic rings. The summed E-state index contributed by atoms with van der Waals surface area (Å²) in [5.41, 5.74) is 7.87. The van der Waals surface area contributed by atoms with Crippen LogP contribution in [-0.4, -0.2) is 27.2 Å². The maximum absolute atomic E-state index is 5.90. The first-order valence-electron chi connectivity index (χ1n) is 7.07. The molecule has 0 saturated heterocycles. The van der Waals surface area contributed by atoms with Crippen LogP contribution in [0.5, 0.6) is 0 Å². The van der Waals surface area contributed by atoms with Gasteiger partial charge in [0.25, 0.3) is 0 Å². The van der Waals surface area contributed by atoms with E-state index in [1.165, 1.54) is 25.7 Å². The molecule has 0 aliphatic heterocycles. The third-order valence-corrected chi connectivity index (χ3v) is 4.09. The number of nitrogens with one attached hydrogen (secondary N) is 1. The molecule has 0 amide bonds. The van der Waals surface area contributed by atoms with E-state index in [2.05, 4.69) is 15.4 Å². The maximum Gasteiger partial charge on any atom is 0.243 e. The molecule has 19 heavy (non-hydrogen) atoms. The van der Waals surface area contributed by atoms with Gasteiger partial charge in [-0.3, -0.25) is 0 Å². The van der Waals surface area contributed by atoms with Gasteiger partial charge in [0.05, 0.1) is 0 Å². The van der Waals surface area contributed by atoms with Crippen molar-refractivity contribution in [1.82, 2.24) is 14.6 Å². The van der Waals surface area contributed by atoms with Gasteiger partial charge in [-0.1, -0.05) is 18.9 Å². The number of pyridine rings is 1. The normalized spacial score (nSPS) is 18.0. The van der Waals surface area contributed by atoms with E-state index < -0.39 is 0 Å². The van der Waals surface area contributed by atoms with Gasteiger partial charge in [0.2, 0.25) is 5.95 Å². The van der Waals surface area contributed by atoms with Gasteiger partial charge in [0, 0.05) is 18.3 Å². The van der Waals surface area contributed by atoms with Gasteiger partial charge in [-0.25, -0.2) is 4.52 Å². The van der Waals surface area contributed by atoms with Crippen molar-refractivity contribution in [2.24, 2.45) is 11.7 Å². The van der Waals surface area contributed by atoms with Crippen LogP contribution in [0, 0.1) is 12.8 Å². The highest BCUT2D eigenvalue weighted by Crippen LogP contribution is 2.28. The SMILES string of the molecule is Cc1cccc2nc(NC(CN)C3CCCC3)nn12. The van der Waals surface area contributed by atoms with E-state index >= 15 is 0 Å². The van der Waals surface area contributed by atoms with Gasteiger partial charge >= 0.3 is 0 Å². The van der Waals surface area contributed by atoms with Gasteiger partial charge in [0.1, 0.15) is 0 Å². The Kier molecular flexibility index (Phi) is 3.38. The molecule has 0 spiro atoms. The van der Waals surface area contributed by atoms with Crippen molar-refractivity contribution in [2.45, 2.75) is 38.6 Å². The molecule has 0 bridgehead atoms. The van der Waals surface area contributed by atoms with Crippen molar-refractivity contribution in [3.8, 4) is 0 Å². The third-order valence-electron chi connectivity index (χ3n) is 4.09. The van der Waals surface area contributed by atoms with Gasteiger partial charge in [-0.15, -0.1) is 5.10 Å². The van der Waals surface area contributed by atoms with Crippen LogP contribution in [0.15, 0.2) is 18.2 Å². The second-order valence-corrected chi connectivity index (χ2v) is 5.40. The first kappa shape index (κ1) is 12.4. The van der Waals surface area contributed by atoms with Crippen molar-refractivity contribution in [2.75, 3.05) is 11.9 Å². The molecule has 3 rings (SSSR count). The van der Waals surface area contributed by atoms with Crippen LogP contribution in [-0.2, 0) is 0 Å². The minimum atomic E-state index is 0.292. The lowest BCUT2D eigenvalue weighted by atomic mass is 9.98. The lowest BCUT2D eigenvalue weighted by molar-refractivity contribution is 0.460. The molecule has 1 fully saturated rings. The van der Waals surface area contributed by atoms with E-state index in [0.717, 1.165) is 11.3 Å². The number of hydrogen-bond donors (Lipinski definition) is 2. The molecule has 2 heterocycles. The summed E-state index contributed by atoms with van der Waals surface area (Å²) >= 11 is 0. The summed E-state index contributed by atoms with van der Waals surface area (Å²) in [5, 5.41) is 7.93. The van der Waals surface area contributed by atoms with Crippen molar-refractivity contribution in [3.63, 3.8) is 0 Å². The fourth-order valence-corrected chi connectivity index (χ4v) is 2.99. The van der Waals surface area contributed by atoms with Crippen molar-refractivity contribution in [3.05, 3.63) is 23.9 Å². The highest BCUT2D eigenvalue weighted by molar-refractivity contribution is 5.44. The molecule has 0 radical (unpaired) electrons. The van der Waals surface area contributed by atoms with E-state index in [9.17, 15) is 0 Å². The molecule has 1 aliphatic rings. The fraction of sp³-hybridized carbons (Fsp3) is 0.571. The summed E-state index contributed by atoms with van der Waals surface area (Å²) in [5.74, 6) is 1.36. The summed E-state index contributed by atoms with van der Waals surface area (Å²) in [6, 6.07) is 6.29. The summed E-state index contributed by atoms with van der Waals surface area (Å²) in [6.45, 7) is 2.67. The Labute approximate surface area is 113 Å². The van der Waals surface area contributed by atoms with Crippen LogP contribution >= 0.6 is 0 Å². The second kappa shape index (κ2) is 5.17. The van der Waals surface area contributed by atoms with Gasteiger partial charge in [0.15, 0.2) is 5.65 Å². The van der Waals surface area contributed by atoms with E-state index in [1.807, 2.05) is 29.6 Å².